The molecule has 0 atom stereocenters. The maximum absolute atomic E-state index is 15.1. The van der Waals surface area contributed by atoms with Crippen molar-refractivity contribution in [3.05, 3.63) is 89.4 Å². The van der Waals surface area contributed by atoms with E-state index in [-0.39, 0.29) is 23.1 Å². The van der Waals surface area contributed by atoms with Gasteiger partial charge in [0.15, 0.2) is 0 Å². The monoisotopic (exact) mass is 419 g/mol. The Morgan fingerprint density at radius 1 is 1.06 bits per heavy atom. The van der Waals surface area contributed by atoms with Crippen LogP contribution < -0.4 is 10.5 Å². The number of esters is 1. The fourth-order valence-corrected chi connectivity index (χ4v) is 3.41. The van der Waals surface area contributed by atoms with Gasteiger partial charge in [0.05, 0.1) is 23.6 Å². The molecule has 156 valence electrons. The lowest BCUT2D eigenvalue weighted by Gasteiger charge is -2.12. The number of furan rings is 1. The van der Waals surface area contributed by atoms with Crippen molar-refractivity contribution >= 4 is 22.9 Å². The number of hydrogen-bond donors (Lipinski definition) is 2. The number of halogens is 1. The predicted octanol–water partition coefficient (Wildman–Crippen LogP) is 4.54. The average Bonchev–Trinajstić information content (AvgIpc) is 3.25. The first kappa shape index (κ1) is 20.3. The standard InChI is InChI=1S/C24H18FNO5/c25-22-17-8-9-30-23(17)18(15-6-3-4-14(10-15)13-26)12-19(22)24(29)31-20-7-2-1-5-16(20)11-21(27)28/h1-10,12H,11,13,26H2,(H,27,28). The molecule has 0 amide bonds. The summed E-state index contributed by atoms with van der Waals surface area (Å²) in [5.41, 5.74) is 8.15. The summed E-state index contributed by atoms with van der Waals surface area (Å²) in [6.07, 6.45) is 1.02. The Hall–Kier alpha value is -3.97. The van der Waals surface area contributed by atoms with Gasteiger partial charge in [-0.05, 0) is 35.4 Å². The number of rotatable bonds is 6. The van der Waals surface area contributed by atoms with Crippen LogP contribution in [0.1, 0.15) is 21.5 Å². The van der Waals surface area contributed by atoms with E-state index in [1.807, 2.05) is 24.3 Å². The van der Waals surface area contributed by atoms with Crippen LogP contribution >= 0.6 is 0 Å². The summed E-state index contributed by atoms with van der Waals surface area (Å²) in [6, 6.07) is 16.4. The van der Waals surface area contributed by atoms with E-state index >= 15 is 4.39 Å². The third kappa shape index (κ3) is 4.04. The van der Waals surface area contributed by atoms with Gasteiger partial charge in [-0.2, -0.15) is 0 Å². The lowest BCUT2D eigenvalue weighted by molar-refractivity contribution is -0.136. The quantitative estimate of drug-likeness (QED) is 0.351. The molecule has 4 aromatic rings. The minimum Gasteiger partial charge on any atom is -0.481 e. The molecule has 0 spiro atoms. The van der Waals surface area contributed by atoms with E-state index in [0.717, 1.165) is 5.56 Å². The third-order valence-electron chi connectivity index (χ3n) is 4.88. The van der Waals surface area contributed by atoms with Crippen LogP contribution in [0.5, 0.6) is 5.75 Å². The van der Waals surface area contributed by atoms with E-state index in [0.29, 0.717) is 28.8 Å². The summed E-state index contributed by atoms with van der Waals surface area (Å²) in [4.78, 5) is 24.0. The van der Waals surface area contributed by atoms with E-state index in [1.54, 1.807) is 12.1 Å². The molecule has 0 aliphatic heterocycles. The maximum Gasteiger partial charge on any atom is 0.346 e. The summed E-state index contributed by atoms with van der Waals surface area (Å²) < 4.78 is 26.0. The molecule has 0 unspecified atom stereocenters. The number of para-hydroxylation sites is 1. The second-order valence-corrected chi connectivity index (χ2v) is 6.92. The van der Waals surface area contributed by atoms with Crippen LogP contribution in [-0.2, 0) is 17.8 Å². The number of carbonyl (C=O) groups excluding carboxylic acids is 1. The highest BCUT2D eigenvalue weighted by Crippen LogP contribution is 2.34. The van der Waals surface area contributed by atoms with Gasteiger partial charge in [0.1, 0.15) is 17.1 Å². The first-order valence-corrected chi connectivity index (χ1v) is 9.49. The second kappa shape index (κ2) is 8.41. The van der Waals surface area contributed by atoms with E-state index in [9.17, 15) is 9.59 Å². The number of carboxylic acid groups (broad SMARTS) is 1. The largest absolute Gasteiger partial charge is 0.481 e. The molecule has 0 aliphatic rings. The number of nitrogens with two attached hydrogens (primary N) is 1. The van der Waals surface area contributed by atoms with Crippen molar-refractivity contribution in [1.29, 1.82) is 0 Å². The Kier molecular flexibility index (Phi) is 5.51. The Balaban J connectivity index is 1.79. The molecule has 4 rings (SSSR count). The van der Waals surface area contributed by atoms with Crippen molar-refractivity contribution in [2.75, 3.05) is 0 Å². The highest BCUT2D eigenvalue weighted by atomic mass is 19.1. The summed E-state index contributed by atoms with van der Waals surface area (Å²) in [5.74, 6) is -2.72. The van der Waals surface area contributed by atoms with E-state index in [4.69, 9.17) is 20.0 Å². The molecular formula is C24H18FNO5. The van der Waals surface area contributed by atoms with Gasteiger partial charge < -0.3 is 20.0 Å². The van der Waals surface area contributed by atoms with Gasteiger partial charge in [0, 0.05) is 17.7 Å². The van der Waals surface area contributed by atoms with Crippen LogP contribution in [-0.4, -0.2) is 17.0 Å². The van der Waals surface area contributed by atoms with Gasteiger partial charge in [0.25, 0.3) is 0 Å². The van der Waals surface area contributed by atoms with Crippen LogP contribution in [0, 0.1) is 5.82 Å². The van der Waals surface area contributed by atoms with Crippen molar-refractivity contribution < 1.29 is 28.2 Å². The number of ether oxygens (including phenoxy) is 1. The van der Waals surface area contributed by atoms with Crippen LogP contribution in [0.15, 0.2) is 71.3 Å². The summed E-state index contributed by atoms with van der Waals surface area (Å²) >= 11 is 0. The Labute approximate surface area is 176 Å². The van der Waals surface area contributed by atoms with Crippen molar-refractivity contribution in [3.63, 3.8) is 0 Å². The van der Waals surface area contributed by atoms with Crippen LogP contribution in [0.2, 0.25) is 0 Å². The van der Waals surface area contributed by atoms with Crippen molar-refractivity contribution in [1.82, 2.24) is 0 Å². The number of hydrogen-bond acceptors (Lipinski definition) is 5. The van der Waals surface area contributed by atoms with E-state index < -0.39 is 17.8 Å². The van der Waals surface area contributed by atoms with Gasteiger partial charge >= 0.3 is 11.9 Å². The molecule has 0 fully saturated rings. The van der Waals surface area contributed by atoms with Crippen LogP contribution in [0.25, 0.3) is 22.1 Å². The van der Waals surface area contributed by atoms with Crippen LogP contribution in [0.4, 0.5) is 4.39 Å². The van der Waals surface area contributed by atoms with Gasteiger partial charge in [-0.3, -0.25) is 4.79 Å². The molecular weight excluding hydrogens is 401 g/mol. The third-order valence-corrected chi connectivity index (χ3v) is 4.88. The van der Waals surface area contributed by atoms with Gasteiger partial charge in [-0.1, -0.05) is 36.4 Å². The van der Waals surface area contributed by atoms with E-state index in [1.165, 1.54) is 30.5 Å². The minimum atomic E-state index is -1.07. The summed E-state index contributed by atoms with van der Waals surface area (Å²) in [6.45, 7) is 0.325. The summed E-state index contributed by atoms with van der Waals surface area (Å²) in [7, 11) is 0. The number of aliphatic carboxylic acids is 1. The molecule has 3 N–H and O–H groups in total. The number of fused-ring (bicyclic) bond motifs is 1. The number of carboxylic acids is 1. The predicted molar refractivity (Wildman–Crippen MR) is 112 cm³/mol. The van der Waals surface area contributed by atoms with Gasteiger partial charge in [-0.15, -0.1) is 0 Å². The van der Waals surface area contributed by atoms with Crippen molar-refractivity contribution in [2.45, 2.75) is 13.0 Å². The zero-order chi connectivity index (χ0) is 22.0. The Bertz CT molecular complexity index is 1290. The SMILES string of the molecule is NCc1cccc(-c2cc(C(=O)Oc3ccccc3CC(=O)O)c(F)c3ccoc23)c1. The molecule has 0 radical (unpaired) electrons. The first-order valence-electron chi connectivity index (χ1n) is 9.49. The van der Waals surface area contributed by atoms with Crippen LogP contribution in [0.3, 0.4) is 0 Å². The average molecular weight is 419 g/mol. The topological polar surface area (TPSA) is 103 Å². The zero-order valence-corrected chi connectivity index (χ0v) is 16.3. The molecule has 6 nitrogen and oxygen atoms in total. The number of benzene rings is 3. The van der Waals surface area contributed by atoms with Crippen molar-refractivity contribution in [2.24, 2.45) is 5.73 Å². The Morgan fingerprint density at radius 3 is 2.65 bits per heavy atom. The lowest BCUT2D eigenvalue weighted by atomic mass is 9.98. The molecule has 0 saturated heterocycles. The molecule has 0 saturated carbocycles. The smallest absolute Gasteiger partial charge is 0.346 e. The lowest BCUT2D eigenvalue weighted by Crippen LogP contribution is -2.13. The molecule has 0 aliphatic carbocycles. The van der Waals surface area contributed by atoms with Gasteiger partial charge in [0.2, 0.25) is 0 Å². The molecule has 3 aromatic carbocycles. The van der Waals surface area contributed by atoms with Crippen molar-refractivity contribution in [3.8, 4) is 16.9 Å². The fourth-order valence-electron chi connectivity index (χ4n) is 3.41. The number of carbonyl (C=O) groups is 2. The summed E-state index contributed by atoms with van der Waals surface area (Å²) in [5, 5.41) is 9.21. The molecule has 1 aromatic heterocycles. The zero-order valence-electron chi connectivity index (χ0n) is 16.3. The van der Waals surface area contributed by atoms with E-state index in [2.05, 4.69) is 0 Å². The maximum atomic E-state index is 15.1. The Morgan fingerprint density at radius 2 is 1.87 bits per heavy atom. The normalized spacial score (nSPS) is 10.9. The molecule has 1 heterocycles. The first-order chi connectivity index (χ1) is 15.0. The fraction of sp³-hybridized carbons (Fsp3) is 0.0833. The molecule has 7 heteroatoms. The second-order valence-electron chi connectivity index (χ2n) is 6.92. The molecule has 31 heavy (non-hydrogen) atoms. The van der Waals surface area contributed by atoms with Gasteiger partial charge in [-0.25, -0.2) is 9.18 Å². The highest BCUT2D eigenvalue weighted by molar-refractivity contribution is 6.02. The minimum absolute atomic E-state index is 0.0632. The highest BCUT2D eigenvalue weighted by Gasteiger charge is 2.23. The molecule has 0 bridgehead atoms.